The fourth-order valence-electron chi connectivity index (χ4n) is 4.47. The van der Waals surface area contributed by atoms with Crippen molar-refractivity contribution < 1.29 is 19.1 Å². The molecular formula is C20H15ClN4O4S2. The molecule has 1 aromatic carbocycles. The highest BCUT2D eigenvalue weighted by Crippen LogP contribution is 2.57. The van der Waals surface area contributed by atoms with E-state index in [1.165, 1.54) is 23.1 Å². The minimum Gasteiger partial charge on any atom is -0.459 e. The third-order valence-electron chi connectivity index (χ3n) is 5.82. The summed E-state index contributed by atoms with van der Waals surface area (Å²) >= 11 is 9.12. The van der Waals surface area contributed by atoms with Crippen molar-refractivity contribution in [3.8, 4) is 0 Å². The summed E-state index contributed by atoms with van der Waals surface area (Å²) in [6.07, 6.45) is 0. The number of benzene rings is 1. The molecule has 5 heterocycles. The van der Waals surface area contributed by atoms with Crippen LogP contribution in [0.1, 0.15) is 4.88 Å². The van der Waals surface area contributed by atoms with E-state index in [2.05, 4.69) is 15.6 Å². The van der Waals surface area contributed by atoms with Crippen molar-refractivity contribution in [2.75, 3.05) is 11.6 Å². The second-order valence-corrected chi connectivity index (χ2v) is 10.5. The zero-order valence-electron chi connectivity index (χ0n) is 15.9. The predicted molar refractivity (Wildman–Crippen MR) is 118 cm³/mol. The molecule has 2 saturated heterocycles. The summed E-state index contributed by atoms with van der Waals surface area (Å²) in [7, 11) is 0. The Labute approximate surface area is 190 Å². The Hall–Kier alpha value is -2.56. The lowest BCUT2D eigenvalue weighted by molar-refractivity contribution is -0.137. The van der Waals surface area contributed by atoms with Gasteiger partial charge in [0.25, 0.3) is 0 Å². The van der Waals surface area contributed by atoms with Gasteiger partial charge in [-0.05, 0) is 35.7 Å². The van der Waals surface area contributed by atoms with Gasteiger partial charge in [-0.25, -0.2) is 9.59 Å². The van der Waals surface area contributed by atoms with E-state index in [4.69, 9.17) is 21.1 Å². The van der Waals surface area contributed by atoms with Gasteiger partial charge >= 0.3 is 11.9 Å². The fourth-order valence-corrected chi connectivity index (χ4v) is 6.95. The van der Waals surface area contributed by atoms with E-state index < -0.39 is 16.7 Å². The van der Waals surface area contributed by atoms with E-state index >= 15 is 0 Å². The van der Waals surface area contributed by atoms with Crippen LogP contribution in [0.25, 0.3) is 0 Å². The van der Waals surface area contributed by atoms with Crippen molar-refractivity contribution in [1.82, 2.24) is 5.43 Å². The summed E-state index contributed by atoms with van der Waals surface area (Å²) < 4.78 is 10.2. The van der Waals surface area contributed by atoms with E-state index in [9.17, 15) is 9.59 Å². The SMILES string of the molecule is O=C(OCc1cccs1)C1=NN[C@H]2S[C@]34COC(=O)C3=NN(c3ccc(Cl)cc3)[C@@H]4[C@@H]12. The van der Waals surface area contributed by atoms with Crippen molar-refractivity contribution >= 4 is 63.7 Å². The first-order valence-corrected chi connectivity index (χ1v) is 11.7. The number of hydrazone groups is 2. The maximum Gasteiger partial charge on any atom is 0.356 e. The third kappa shape index (κ3) is 2.81. The molecule has 158 valence electrons. The van der Waals surface area contributed by atoms with Crippen molar-refractivity contribution in [2.24, 2.45) is 16.1 Å². The molecule has 1 N–H and O–H groups in total. The van der Waals surface area contributed by atoms with Gasteiger partial charge in [0.2, 0.25) is 0 Å². The molecule has 0 aliphatic carbocycles. The van der Waals surface area contributed by atoms with Crippen LogP contribution in [0.3, 0.4) is 0 Å². The number of nitrogens with one attached hydrogen (secondary N) is 1. The van der Waals surface area contributed by atoms with E-state index in [0.29, 0.717) is 16.4 Å². The van der Waals surface area contributed by atoms with Crippen LogP contribution in [0.4, 0.5) is 5.69 Å². The summed E-state index contributed by atoms with van der Waals surface area (Å²) in [5.74, 6) is -1.22. The Morgan fingerprint density at radius 1 is 1.35 bits per heavy atom. The Morgan fingerprint density at radius 3 is 2.97 bits per heavy atom. The highest BCUT2D eigenvalue weighted by Gasteiger charge is 2.71. The first-order valence-electron chi connectivity index (χ1n) is 9.58. The smallest absolute Gasteiger partial charge is 0.356 e. The van der Waals surface area contributed by atoms with Gasteiger partial charge < -0.3 is 9.47 Å². The highest BCUT2D eigenvalue weighted by molar-refractivity contribution is 8.02. The van der Waals surface area contributed by atoms with Crippen LogP contribution in [0.5, 0.6) is 0 Å². The number of hydrogen-bond acceptors (Lipinski definition) is 10. The Kier molecular flexibility index (Phi) is 4.31. The molecule has 2 fully saturated rings. The molecule has 1 spiro atoms. The van der Waals surface area contributed by atoms with Gasteiger partial charge in [-0.15, -0.1) is 23.1 Å². The molecular weight excluding hydrogens is 460 g/mol. The molecule has 4 aliphatic rings. The summed E-state index contributed by atoms with van der Waals surface area (Å²) in [5, 5.41) is 13.1. The highest BCUT2D eigenvalue weighted by atomic mass is 35.5. The summed E-state index contributed by atoms with van der Waals surface area (Å²) in [6, 6.07) is 10.7. The number of hydrogen-bond donors (Lipinski definition) is 1. The summed E-state index contributed by atoms with van der Waals surface area (Å²) in [6.45, 7) is 0.399. The maximum absolute atomic E-state index is 12.9. The number of thiophene rings is 1. The number of carbonyl (C=O) groups excluding carboxylic acids is 2. The standard InChI is InChI=1S/C20H15ClN4O4S2/c21-10-3-5-11(6-4-10)25-16-13-14(18(26)28-8-12-2-1-7-30-12)22-23-17(13)31-20(16)9-29-19(27)15(20)24-25/h1-7,13,16-17,23H,8-9H2/t13-,16-,17+,20-/m1/s1. The zero-order valence-corrected chi connectivity index (χ0v) is 18.2. The molecule has 0 amide bonds. The Morgan fingerprint density at radius 2 is 2.19 bits per heavy atom. The Balaban J connectivity index is 1.34. The van der Waals surface area contributed by atoms with Crippen LogP contribution < -0.4 is 10.4 Å². The molecule has 6 rings (SSSR count). The lowest BCUT2D eigenvalue weighted by Crippen LogP contribution is -2.50. The normalized spacial score (nSPS) is 30.2. The average Bonchev–Trinajstić information content (AvgIpc) is 3.54. The second kappa shape index (κ2) is 6.98. The number of nitrogens with zero attached hydrogens (tertiary/aromatic N) is 3. The van der Waals surface area contributed by atoms with Crippen LogP contribution in [0.2, 0.25) is 5.02 Å². The first-order chi connectivity index (χ1) is 15.1. The molecule has 1 aromatic heterocycles. The summed E-state index contributed by atoms with van der Waals surface area (Å²) in [5.41, 5.74) is 4.52. The van der Waals surface area contributed by atoms with Crippen LogP contribution in [0, 0.1) is 5.92 Å². The minimum absolute atomic E-state index is 0.191. The minimum atomic E-state index is -0.672. The van der Waals surface area contributed by atoms with Gasteiger partial charge in [0, 0.05) is 9.90 Å². The first kappa shape index (κ1) is 19.1. The molecule has 0 radical (unpaired) electrons. The molecule has 31 heavy (non-hydrogen) atoms. The quantitative estimate of drug-likeness (QED) is 0.681. The molecule has 2 aromatic rings. The number of rotatable bonds is 4. The van der Waals surface area contributed by atoms with Crippen molar-refractivity contribution in [2.45, 2.75) is 22.8 Å². The van der Waals surface area contributed by atoms with Crippen molar-refractivity contribution in [3.05, 3.63) is 51.7 Å². The van der Waals surface area contributed by atoms with Crippen molar-refractivity contribution in [3.63, 3.8) is 0 Å². The maximum atomic E-state index is 12.9. The lowest BCUT2D eigenvalue weighted by atomic mass is 9.84. The van der Waals surface area contributed by atoms with Gasteiger partial charge in [0.1, 0.15) is 23.3 Å². The largest absolute Gasteiger partial charge is 0.459 e. The number of thioether (sulfide) groups is 1. The second-order valence-electron chi connectivity index (χ2n) is 7.53. The van der Waals surface area contributed by atoms with Crippen LogP contribution >= 0.6 is 34.7 Å². The molecule has 4 aliphatic heterocycles. The number of anilines is 1. The monoisotopic (exact) mass is 474 g/mol. The molecule has 11 heteroatoms. The number of esters is 2. The molecule has 8 nitrogen and oxygen atoms in total. The van der Waals surface area contributed by atoms with Gasteiger partial charge in [-0.1, -0.05) is 17.7 Å². The van der Waals surface area contributed by atoms with Crippen LogP contribution in [0.15, 0.2) is 52.0 Å². The number of ether oxygens (including phenoxy) is 2. The molecule has 0 saturated carbocycles. The topological polar surface area (TPSA) is 92.6 Å². The zero-order chi connectivity index (χ0) is 21.2. The number of fused-ring (bicyclic) bond motifs is 2. The number of cyclic esters (lactones) is 1. The third-order valence-corrected chi connectivity index (χ3v) is 8.55. The molecule has 0 unspecified atom stereocenters. The summed E-state index contributed by atoms with van der Waals surface area (Å²) in [4.78, 5) is 26.3. The lowest BCUT2D eigenvalue weighted by Gasteiger charge is -2.31. The number of halogens is 1. The van der Waals surface area contributed by atoms with Gasteiger partial charge in [-0.3, -0.25) is 10.4 Å². The van der Waals surface area contributed by atoms with Crippen LogP contribution in [-0.4, -0.2) is 46.1 Å². The number of carbonyl (C=O) groups is 2. The van der Waals surface area contributed by atoms with Crippen molar-refractivity contribution in [1.29, 1.82) is 0 Å². The predicted octanol–water partition coefficient (Wildman–Crippen LogP) is 2.63. The Bertz CT molecular complexity index is 1140. The van der Waals surface area contributed by atoms with E-state index in [-0.39, 0.29) is 30.5 Å². The van der Waals surface area contributed by atoms with E-state index in [1.54, 1.807) is 17.1 Å². The molecule has 4 atom stereocenters. The fraction of sp³-hybridized carbons (Fsp3) is 0.300. The molecule has 0 bridgehead atoms. The van der Waals surface area contributed by atoms with Gasteiger partial charge in [0.15, 0.2) is 11.4 Å². The van der Waals surface area contributed by atoms with E-state index in [1.807, 2.05) is 29.6 Å². The van der Waals surface area contributed by atoms with Gasteiger partial charge in [-0.2, -0.15) is 10.2 Å². The van der Waals surface area contributed by atoms with E-state index in [0.717, 1.165) is 10.6 Å². The average molecular weight is 475 g/mol. The van der Waals surface area contributed by atoms with Gasteiger partial charge in [0.05, 0.1) is 17.6 Å². The van der Waals surface area contributed by atoms with Crippen LogP contribution in [-0.2, 0) is 25.7 Å².